The van der Waals surface area contributed by atoms with Gasteiger partial charge in [0, 0.05) is 48.8 Å². The van der Waals surface area contributed by atoms with Crippen molar-refractivity contribution in [2.75, 3.05) is 6.54 Å². The summed E-state index contributed by atoms with van der Waals surface area (Å²) < 4.78 is 1.96. The molecule has 148 valence electrons. The Morgan fingerprint density at radius 3 is 2.71 bits per heavy atom. The van der Waals surface area contributed by atoms with Crippen LogP contribution < -0.4 is 0 Å². The van der Waals surface area contributed by atoms with Crippen molar-refractivity contribution in [2.45, 2.75) is 71.0 Å². The Hall–Kier alpha value is -2.44. The Labute approximate surface area is 164 Å². The molecule has 2 amide bonds. The van der Waals surface area contributed by atoms with E-state index in [0.717, 1.165) is 36.2 Å². The lowest BCUT2D eigenvalue weighted by Crippen LogP contribution is -2.47. The van der Waals surface area contributed by atoms with Crippen LogP contribution in [0.3, 0.4) is 0 Å². The van der Waals surface area contributed by atoms with Gasteiger partial charge in [-0.15, -0.1) is 0 Å². The molecule has 0 unspecified atom stereocenters. The molecule has 7 nitrogen and oxygen atoms in total. The van der Waals surface area contributed by atoms with Crippen molar-refractivity contribution in [3.63, 3.8) is 0 Å². The van der Waals surface area contributed by atoms with Crippen molar-refractivity contribution < 1.29 is 9.59 Å². The van der Waals surface area contributed by atoms with Crippen LogP contribution in [0.5, 0.6) is 0 Å². The van der Waals surface area contributed by atoms with Crippen LogP contribution in [0.2, 0.25) is 0 Å². The number of carbonyl (C=O) groups is 2. The lowest BCUT2D eigenvalue weighted by atomic mass is 9.96. The number of amides is 2. The fraction of sp³-hybridized carbons (Fsp3) is 0.619. The van der Waals surface area contributed by atoms with Gasteiger partial charge in [0.15, 0.2) is 5.65 Å². The summed E-state index contributed by atoms with van der Waals surface area (Å²) in [5.41, 5.74) is 3.90. The van der Waals surface area contributed by atoms with Crippen molar-refractivity contribution in [1.82, 2.24) is 24.4 Å². The highest BCUT2D eigenvalue weighted by Crippen LogP contribution is 2.45. The zero-order valence-corrected chi connectivity index (χ0v) is 17.0. The molecule has 0 aromatic carbocycles. The van der Waals surface area contributed by atoms with Crippen LogP contribution in [0.25, 0.3) is 5.65 Å². The molecule has 3 atom stereocenters. The first-order valence-electron chi connectivity index (χ1n) is 10.2. The SMILES string of the molecule is Cc1cc2ncc3c(n2n1)C[C@H]1CC[C@H]3N1C(=O)[C@@H]1CC(=O)N(C(C)(C)C)C1. The Morgan fingerprint density at radius 2 is 2.00 bits per heavy atom. The maximum Gasteiger partial charge on any atom is 0.228 e. The molecule has 3 aliphatic rings. The van der Waals surface area contributed by atoms with E-state index in [-0.39, 0.29) is 35.4 Å². The molecule has 3 aliphatic heterocycles. The second-order valence-corrected chi connectivity index (χ2v) is 9.49. The minimum atomic E-state index is -0.243. The highest BCUT2D eigenvalue weighted by molar-refractivity contribution is 5.90. The number of hydrogen-bond donors (Lipinski definition) is 0. The first-order valence-corrected chi connectivity index (χ1v) is 10.2. The fourth-order valence-electron chi connectivity index (χ4n) is 5.27. The van der Waals surface area contributed by atoms with Crippen LogP contribution in [-0.2, 0) is 16.0 Å². The highest BCUT2D eigenvalue weighted by atomic mass is 16.2. The number of likely N-dealkylation sites (tertiary alicyclic amines) is 1. The third kappa shape index (κ3) is 2.48. The summed E-state index contributed by atoms with van der Waals surface area (Å²) >= 11 is 0. The monoisotopic (exact) mass is 381 g/mol. The van der Waals surface area contributed by atoms with E-state index in [1.54, 1.807) is 0 Å². The van der Waals surface area contributed by atoms with Gasteiger partial charge in [-0.25, -0.2) is 9.50 Å². The summed E-state index contributed by atoms with van der Waals surface area (Å²) in [7, 11) is 0. The number of carbonyl (C=O) groups excluding carboxylic acids is 2. The molecule has 0 N–H and O–H groups in total. The van der Waals surface area contributed by atoms with Gasteiger partial charge in [-0.3, -0.25) is 9.59 Å². The number of nitrogens with zero attached hydrogens (tertiary/aromatic N) is 5. The van der Waals surface area contributed by atoms with Crippen LogP contribution >= 0.6 is 0 Å². The average Bonchev–Trinajstić information content (AvgIpc) is 3.28. The lowest BCUT2D eigenvalue weighted by molar-refractivity contribution is -0.139. The zero-order valence-electron chi connectivity index (χ0n) is 17.0. The second kappa shape index (κ2) is 5.78. The molecule has 0 saturated carbocycles. The van der Waals surface area contributed by atoms with Gasteiger partial charge in [-0.1, -0.05) is 0 Å². The summed E-state index contributed by atoms with van der Waals surface area (Å²) in [4.78, 5) is 34.4. The molecule has 2 aromatic rings. The minimum absolute atomic E-state index is 0.0569. The first kappa shape index (κ1) is 17.6. The van der Waals surface area contributed by atoms with Gasteiger partial charge in [0.1, 0.15) is 0 Å². The van der Waals surface area contributed by atoms with E-state index >= 15 is 0 Å². The molecule has 5 rings (SSSR count). The van der Waals surface area contributed by atoms with Gasteiger partial charge in [-0.05, 0) is 40.5 Å². The summed E-state index contributed by atoms with van der Waals surface area (Å²) in [5, 5.41) is 4.62. The number of aromatic nitrogens is 3. The maximum absolute atomic E-state index is 13.5. The van der Waals surface area contributed by atoms with Gasteiger partial charge in [0.25, 0.3) is 0 Å². The predicted molar refractivity (Wildman–Crippen MR) is 104 cm³/mol. The Morgan fingerprint density at radius 1 is 1.21 bits per heavy atom. The van der Waals surface area contributed by atoms with Gasteiger partial charge in [0.2, 0.25) is 11.8 Å². The number of aryl methyl sites for hydroxylation is 1. The van der Waals surface area contributed by atoms with Gasteiger partial charge in [0.05, 0.1) is 23.3 Å². The Balaban J connectivity index is 1.46. The number of hydrogen-bond acceptors (Lipinski definition) is 4. The molecule has 5 heterocycles. The predicted octanol–water partition coefficient (Wildman–Crippen LogP) is 2.27. The van der Waals surface area contributed by atoms with Crippen LogP contribution in [0.4, 0.5) is 0 Å². The largest absolute Gasteiger partial charge is 0.337 e. The molecule has 0 radical (unpaired) electrons. The molecule has 28 heavy (non-hydrogen) atoms. The molecule has 2 fully saturated rings. The van der Waals surface area contributed by atoms with Crippen molar-refractivity contribution in [3.8, 4) is 0 Å². The van der Waals surface area contributed by atoms with E-state index in [1.807, 2.05) is 49.4 Å². The molecule has 7 heteroatoms. The van der Waals surface area contributed by atoms with Crippen molar-refractivity contribution in [3.05, 3.63) is 29.2 Å². The van der Waals surface area contributed by atoms with Gasteiger partial charge in [-0.2, -0.15) is 5.10 Å². The van der Waals surface area contributed by atoms with Crippen LogP contribution in [0.1, 0.15) is 63.0 Å². The Kier molecular flexibility index (Phi) is 3.64. The normalized spacial score (nSPS) is 27.0. The summed E-state index contributed by atoms with van der Waals surface area (Å²) in [6.07, 6.45) is 5.02. The van der Waals surface area contributed by atoms with Crippen LogP contribution in [-0.4, -0.2) is 54.3 Å². The third-order valence-electron chi connectivity index (χ3n) is 6.57. The smallest absolute Gasteiger partial charge is 0.228 e. The van der Waals surface area contributed by atoms with Crippen LogP contribution in [0, 0.1) is 12.8 Å². The topological polar surface area (TPSA) is 70.8 Å². The molecule has 2 bridgehead atoms. The van der Waals surface area contributed by atoms with E-state index in [9.17, 15) is 9.59 Å². The first-order chi connectivity index (χ1) is 13.2. The van der Waals surface area contributed by atoms with Crippen molar-refractivity contribution >= 4 is 17.5 Å². The highest BCUT2D eigenvalue weighted by Gasteiger charge is 2.48. The van der Waals surface area contributed by atoms with E-state index in [4.69, 9.17) is 0 Å². The molecule has 0 aliphatic carbocycles. The standard InChI is InChI=1S/C21H27N5O2/c1-12-7-18-22-10-15-16-6-5-14(9-17(15)26(18)23-12)25(16)20(28)13-8-19(27)24(11-13)21(2,3)4/h7,10,13-14,16H,5-6,8-9,11H2,1-4H3/t13-,14-,16-/m1/s1. The fourth-order valence-corrected chi connectivity index (χ4v) is 5.27. The maximum atomic E-state index is 13.5. The lowest BCUT2D eigenvalue weighted by Gasteiger charge is -2.38. The number of rotatable bonds is 1. The van der Waals surface area contributed by atoms with Gasteiger partial charge < -0.3 is 9.80 Å². The van der Waals surface area contributed by atoms with E-state index in [1.165, 1.54) is 5.69 Å². The average molecular weight is 381 g/mol. The van der Waals surface area contributed by atoms with E-state index in [2.05, 4.69) is 15.0 Å². The molecule has 2 aromatic heterocycles. The van der Waals surface area contributed by atoms with Crippen molar-refractivity contribution in [1.29, 1.82) is 0 Å². The second-order valence-electron chi connectivity index (χ2n) is 9.49. The molecule has 2 saturated heterocycles. The quantitative estimate of drug-likeness (QED) is 0.760. The molecular formula is C21H27N5O2. The summed E-state index contributed by atoms with van der Waals surface area (Å²) in [6.45, 7) is 8.59. The van der Waals surface area contributed by atoms with E-state index in [0.29, 0.717) is 13.0 Å². The Bertz CT molecular complexity index is 989. The summed E-state index contributed by atoms with van der Waals surface area (Å²) in [5.74, 6) is -0.0130. The van der Waals surface area contributed by atoms with Gasteiger partial charge >= 0.3 is 0 Å². The molecule has 0 spiro atoms. The zero-order chi connectivity index (χ0) is 19.8. The van der Waals surface area contributed by atoms with E-state index < -0.39 is 0 Å². The van der Waals surface area contributed by atoms with Crippen molar-refractivity contribution in [2.24, 2.45) is 5.92 Å². The molecular weight excluding hydrogens is 354 g/mol. The summed E-state index contributed by atoms with van der Waals surface area (Å²) in [6, 6.07) is 2.24. The number of fused-ring (bicyclic) bond motifs is 6. The van der Waals surface area contributed by atoms with Crippen LogP contribution in [0.15, 0.2) is 12.3 Å². The minimum Gasteiger partial charge on any atom is -0.337 e. The third-order valence-corrected chi connectivity index (χ3v) is 6.57.